The normalized spacial score (nSPS) is 28.3. The molecule has 2 N–H and O–H groups in total. The largest absolute Gasteiger partial charge is 0.373 e. The summed E-state index contributed by atoms with van der Waals surface area (Å²) in [4.78, 5) is 1.29. The molecule has 1 fully saturated rings. The fourth-order valence-corrected chi connectivity index (χ4v) is 3.85. The SMILES string of the molecule is Cc1sc(Br)cc1C(N)C1CCC(C)O1. The second-order valence-corrected chi connectivity index (χ2v) is 6.79. The van der Waals surface area contributed by atoms with E-state index in [0.29, 0.717) is 6.10 Å². The summed E-state index contributed by atoms with van der Waals surface area (Å²) in [5.74, 6) is 0. The van der Waals surface area contributed by atoms with Crippen molar-refractivity contribution >= 4 is 27.3 Å². The van der Waals surface area contributed by atoms with E-state index < -0.39 is 0 Å². The molecule has 2 heterocycles. The van der Waals surface area contributed by atoms with Crippen LogP contribution in [0.3, 0.4) is 0 Å². The Balaban J connectivity index is 2.13. The van der Waals surface area contributed by atoms with E-state index in [0.717, 1.165) is 16.6 Å². The lowest BCUT2D eigenvalue weighted by molar-refractivity contribution is 0.0401. The van der Waals surface area contributed by atoms with Crippen LogP contribution < -0.4 is 5.73 Å². The summed E-state index contributed by atoms with van der Waals surface area (Å²) < 4.78 is 6.96. The number of nitrogens with two attached hydrogens (primary N) is 1. The van der Waals surface area contributed by atoms with Gasteiger partial charge in [0, 0.05) is 4.88 Å². The number of thiophene rings is 1. The summed E-state index contributed by atoms with van der Waals surface area (Å²) in [6.07, 6.45) is 2.77. The van der Waals surface area contributed by atoms with E-state index in [1.807, 2.05) is 0 Å². The van der Waals surface area contributed by atoms with Gasteiger partial charge in [-0.3, -0.25) is 0 Å². The van der Waals surface area contributed by atoms with E-state index >= 15 is 0 Å². The average molecular weight is 290 g/mol. The Kier molecular flexibility index (Phi) is 3.50. The minimum Gasteiger partial charge on any atom is -0.373 e. The lowest BCUT2D eigenvalue weighted by Crippen LogP contribution is -2.26. The van der Waals surface area contributed by atoms with Crippen molar-refractivity contribution in [1.29, 1.82) is 0 Å². The van der Waals surface area contributed by atoms with Crippen LogP contribution >= 0.6 is 27.3 Å². The molecule has 1 aromatic rings. The first-order valence-electron chi connectivity index (χ1n) is 5.25. The molecular weight excluding hydrogens is 274 g/mol. The Morgan fingerprint density at radius 1 is 1.60 bits per heavy atom. The summed E-state index contributed by atoms with van der Waals surface area (Å²) in [5.41, 5.74) is 7.47. The van der Waals surface area contributed by atoms with Crippen molar-refractivity contribution in [2.75, 3.05) is 0 Å². The second-order valence-electron chi connectivity index (χ2n) is 4.15. The van der Waals surface area contributed by atoms with Crippen molar-refractivity contribution in [2.45, 2.75) is 44.9 Å². The maximum atomic E-state index is 6.24. The second kappa shape index (κ2) is 4.53. The van der Waals surface area contributed by atoms with E-state index in [4.69, 9.17) is 10.5 Å². The number of halogens is 1. The van der Waals surface area contributed by atoms with E-state index in [1.54, 1.807) is 11.3 Å². The summed E-state index contributed by atoms with van der Waals surface area (Å²) in [5, 5.41) is 0. The fourth-order valence-electron chi connectivity index (χ4n) is 2.09. The molecule has 4 heteroatoms. The molecule has 1 aliphatic heterocycles. The smallest absolute Gasteiger partial charge is 0.0772 e. The Bertz CT molecular complexity index is 352. The number of aryl methyl sites for hydroxylation is 1. The molecule has 0 spiro atoms. The highest BCUT2D eigenvalue weighted by Gasteiger charge is 2.29. The molecular formula is C11H16BrNOS. The van der Waals surface area contributed by atoms with E-state index in [1.165, 1.54) is 10.4 Å². The molecule has 0 radical (unpaired) electrons. The van der Waals surface area contributed by atoms with Gasteiger partial charge < -0.3 is 10.5 Å². The van der Waals surface area contributed by atoms with Crippen LogP contribution in [0.5, 0.6) is 0 Å². The van der Waals surface area contributed by atoms with Crippen molar-refractivity contribution in [2.24, 2.45) is 5.73 Å². The lowest BCUT2D eigenvalue weighted by Gasteiger charge is -2.19. The summed E-state index contributed by atoms with van der Waals surface area (Å²) in [6, 6.07) is 2.15. The minimum absolute atomic E-state index is 0.0255. The molecule has 2 nitrogen and oxygen atoms in total. The number of rotatable bonds is 2. The Hall–Kier alpha value is 0.1000. The molecule has 0 amide bonds. The van der Waals surface area contributed by atoms with Gasteiger partial charge in [0.2, 0.25) is 0 Å². The predicted molar refractivity (Wildman–Crippen MR) is 67.3 cm³/mol. The molecule has 0 bridgehead atoms. The van der Waals surface area contributed by atoms with Crippen LogP contribution in [-0.2, 0) is 4.74 Å². The predicted octanol–water partition coefficient (Wildman–Crippen LogP) is 3.39. The standard InChI is InChI=1S/C11H16BrNOS/c1-6-3-4-9(14-6)11(13)8-5-10(12)15-7(8)2/h5-6,9,11H,3-4,13H2,1-2H3. The third-order valence-electron chi connectivity index (χ3n) is 2.95. The third kappa shape index (κ3) is 2.44. The van der Waals surface area contributed by atoms with E-state index in [-0.39, 0.29) is 12.1 Å². The van der Waals surface area contributed by atoms with Crippen LogP contribution in [-0.4, -0.2) is 12.2 Å². The van der Waals surface area contributed by atoms with Gasteiger partial charge in [-0.05, 0) is 54.2 Å². The summed E-state index contributed by atoms with van der Waals surface area (Å²) in [7, 11) is 0. The molecule has 1 aliphatic rings. The molecule has 0 aliphatic carbocycles. The quantitative estimate of drug-likeness (QED) is 0.906. The van der Waals surface area contributed by atoms with Crippen molar-refractivity contribution in [3.05, 3.63) is 20.3 Å². The topological polar surface area (TPSA) is 35.2 Å². The lowest BCUT2D eigenvalue weighted by atomic mass is 10.0. The first kappa shape index (κ1) is 11.6. The van der Waals surface area contributed by atoms with Crippen LogP contribution in [0.4, 0.5) is 0 Å². The Morgan fingerprint density at radius 3 is 2.80 bits per heavy atom. The highest BCUT2D eigenvalue weighted by Crippen LogP contribution is 2.35. The molecule has 15 heavy (non-hydrogen) atoms. The molecule has 2 rings (SSSR count). The Labute approximate surface area is 103 Å². The number of hydrogen-bond donors (Lipinski definition) is 1. The molecule has 1 aromatic heterocycles. The summed E-state index contributed by atoms with van der Waals surface area (Å²) in [6.45, 7) is 4.23. The van der Waals surface area contributed by atoms with E-state index in [2.05, 4.69) is 35.8 Å². The number of hydrogen-bond acceptors (Lipinski definition) is 3. The monoisotopic (exact) mass is 289 g/mol. The van der Waals surface area contributed by atoms with Gasteiger partial charge in [0.1, 0.15) is 0 Å². The first-order chi connectivity index (χ1) is 7.08. The van der Waals surface area contributed by atoms with Gasteiger partial charge in [-0.1, -0.05) is 0 Å². The molecule has 0 saturated carbocycles. The number of ether oxygens (including phenoxy) is 1. The van der Waals surface area contributed by atoms with Gasteiger partial charge in [0.15, 0.2) is 0 Å². The highest BCUT2D eigenvalue weighted by atomic mass is 79.9. The zero-order valence-corrected chi connectivity index (χ0v) is 11.4. The molecule has 1 saturated heterocycles. The van der Waals surface area contributed by atoms with Gasteiger partial charge in [-0.15, -0.1) is 11.3 Å². The van der Waals surface area contributed by atoms with Gasteiger partial charge in [-0.2, -0.15) is 0 Å². The van der Waals surface area contributed by atoms with Gasteiger partial charge in [0.05, 0.1) is 22.0 Å². The van der Waals surface area contributed by atoms with Crippen molar-refractivity contribution < 1.29 is 4.74 Å². The van der Waals surface area contributed by atoms with Crippen LogP contribution in [0.1, 0.15) is 36.2 Å². The molecule has 0 aromatic carbocycles. The van der Waals surface area contributed by atoms with Crippen LogP contribution in [0.2, 0.25) is 0 Å². The highest BCUT2D eigenvalue weighted by molar-refractivity contribution is 9.11. The molecule has 3 unspecified atom stereocenters. The van der Waals surface area contributed by atoms with Crippen molar-refractivity contribution in [3.8, 4) is 0 Å². The van der Waals surface area contributed by atoms with Crippen LogP contribution in [0.25, 0.3) is 0 Å². The third-order valence-corrected chi connectivity index (χ3v) is 4.52. The Morgan fingerprint density at radius 2 is 2.33 bits per heavy atom. The van der Waals surface area contributed by atoms with Gasteiger partial charge in [0.25, 0.3) is 0 Å². The summed E-state index contributed by atoms with van der Waals surface area (Å²) >= 11 is 5.23. The molecule has 3 atom stereocenters. The van der Waals surface area contributed by atoms with Gasteiger partial charge >= 0.3 is 0 Å². The zero-order chi connectivity index (χ0) is 11.0. The van der Waals surface area contributed by atoms with Crippen molar-refractivity contribution in [1.82, 2.24) is 0 Å². The fraction of sp³-hybridized carbons (Fsp3) is 0.636. The van der Waals surface area contributed by atoms with E-state index in [9.17, 15) is 0 Å². The first-order valence-corrected chi connectivity index (χ1v) is 6.85. The average Bonchev–Trinajstić information content (AvgIpc) is 2.71. The maximum absolute atomic E-state index is 6.24. The maximum Gasteiger partial charge on any atom is 0.0772 e. The van der Waals surface area contributed by atoms with Crippen molar-refractivity contribution in [3.63, 3.8) is 0 Å². The van der Waals surface area contributed by atoms with Crippen LogP contribution in [0.15, 0.2) is 9.85 Å². The van der Waals surface area contributed by atoms with Gasteiger partial charge in [-0.25, -0.2) is 0 Å². The zero-order valence-electron chi connectivity index (χ0n) is 9.00. The van der Waals surface area contributed by atoms with Crippen LogP contribution in [0, 0.1) is 6.92 Å². The minimum atomic E-state index is 0.0255. The molecule has 84 valence electrons.